The molecule has 6 heteroatoms. The number of hydrogen-bond acceptors (Lipinski definition) is 4. The Kier molecular flexibility index (Phi) is 5.15. The number of likely N-dealkylation sites (N-methyl/N-ethyl adjacent to an activating group) is 1. The van der Waals surface area contributed by atoms with Crippen molar-refractivity contribution in [1.82, 2.24) is 4.90 Å². The molecule has 2 aliphatic rings. The van der Waals surface area contributed by atoms with Crippen LogP contribution in [-0.4, -0.2) is 28.6 Å². The van der Waals surface area contributed by atoms with E-state index in [0.717, 1.165) is 19.3 Å². The van der Waals surface area contributed by atoms with Crippen molar-refractivity contribution in [1.29, 1.82) is 0 Å². The summed E-state index contributed by atoms with van der Waals surface area (Å²) < 4.78 is 6.73. The summed E-state index contributed by atoms with van der Waals surface area (Å²) in [6.45, 7) is 8.34. The number of fused-ring (bicyclic) bond motifs is 1. The average Bonchev–Trinajstić information content (AvgIpc) is 3.01. The summed E-state index contributed by atoms with van der Waals surface area (Å²) in [6.07, 6.45) is 3.75. The average molecular weight is 441 g/mol. The highest BCUT2D eigenvalue weighted by molar-refractivity contribution is 9.12. The number of nitrogens with zero attached hydrogens (tertiary/aromatic N) is 1. The normalized spacial score (nSPS) is 23.0. The first kappa shape index (κ1) is 19.3. The molecule has 0 amide bonds. The number of Topliss-reactive ketones (excluding diaryl/α,β-unsaturated/α-hetero) is 1. The predicted octanol–water partition coefficient (Wildman–Crippen LogP) is 5.34. The van der Waals surface area contributed by atoms with Gasteiger partial charge in [0.05, 0.1) is 10.0 Å². The largest absolute Gasteiger partial charge is 0.508 e. The minimum Gasteiger partial charge on any atom is -0.508 e. The molecule has 2 atom stereocenters. The molecule has 2 heterocycles. The predicted molar refractivity (Wildman–Crippen MR) is 107 cm³/mol. The highest BCUT2D eigenvalue weighted by Gasteiger charge is 2.59. The van der Waals surface area contributed by atoms with Crippen LogP contribution in [0.15, 0.2) is 33.9 Å². The summed E-state index contributed by atoms with van der Waals surface area (Å²) in [5.74, 6) is 0.967. The lowest BCUT2D eigenvalue weighted by atomic mass is 9.96. The van der Waals surface area contributed by atoms with Gasteiger partial charge in [-0.2, -0.15) is 0 Å². The molecule has 140 valence electrons. The van der Waals surface area contributed by atoms with Gasteiger partial charge in [-0.05, 0) is 46.8 Å². The smallest absolute Gasteiger partial charge is 0.285 e. The van der Waals surface area contributed by atoms with E-state index in [4.69, 9.17) is 16.3 Å². The standard InChI is InChI=1S/C20H23BrClNO3/c1-5-11(2)7-6-8-13-15(24)10-9-14-17(13)26-20(19(14)25)18(22)16(21)12(3)23(20)4/h9-11,24H,3,5-8H2,1-2,4H3. The number of rotatable bonds is 5. The SMILES string of the molecule is C=C1C(Br)=C(Cl)C2(Oc3c(ccc(O)c3CCCC(C)CC)C2=O)N1C. The minimum atomic E-state index is -1.43. The Balaban J connectivity index is 1.98. The van der Waals surface area contributed by atoms with Gasteiger partial charge in [0.15, 0.2) is 0 Å². The Labute approximate surface area is 167 Å². The molecule has 1 aromatic carbocycles. The van der Waals surface area contributed by atoms with Gasteiger partial charge in [-0.1, -0.05) is 44.9 Å². The first-order valence-corrected chi connectivity index (χ1v) is 10.00. The van der Waals surface area contributed by atoms with E-state index in [9.17, 15) is 9.90 Å². The van der Waals surface area contributed by atoms with Crippen LogP contribution in [0.3, 0.4) is 0 Å². The van der Waals surface area contributed by atoms with Gasteiger partial charge in [-0.25, -0.2) is 0 Å². The van der Waals surface area contributed by atoms with Crippen molar-refractivity contribution in [3.63, 3.8) is 0 Å². The first-order valence-electron chi connectivity index (χ1n) is 8.83. The highest BCUT2D eigenvalue weighted by Crippen LogP contribution is 2.53. The molecule has 1 N–H and O–H groups in total. The fourth-order valence-electron chi connectivity index (χ4n) is 3.49. The second-order valence-corrected chi connectivity index (χ2v) is 8.23. The third kappa shape index (κ3) is 2.67. The lowest BCUT2D eigenvalue weighted by Gasteiger charge is -2.32. The van der Waals surface area contributed by atoms with E-state index in [0.29, 0.717) is 39.4 Å². The van der Waals surface area contributed by atoms with Gasteiger partial charge in [0, 0.05) is 18.3 Å². The monoisotopic (exact) mass is 439 g/mol. The van der Waals surface area contributed by atoms with Crippen molar-refractivity contribution in [3.8, 4) is 11.5 Å². The molecule has 1 aromatic rings. The molecule has 26 heavy (non-hydrogen) atoms. The number of aromatic hydroxyl groups is 1. The zero-order valence-corrected chi connectivity index (χ0v) is 17.6. The Morgan fingerprint density at radius 1 is 1.46 bits per heavy atom. The number of carbonyl (C=O) groups excluding carboxylic acids is 1. The zero-order chi connectivity index (χ0) is 19.2. The summed E-state index contributed by atoms with van der Waals surface area (Å²) in [5.41, 5.74) is 0.265. The summed E-state index contributed by atoms with van der Waals surface area (Å²) in [6, 6.07) is 3.17. The topological polar surface area (TPSA) is 49.8 Å². The van der Waals surface area contributed by atoms with Gasteiger partial charge >= 0.3 is 0 Å². The second kappa shape index (κ2) is 6.93. The van der Waals surface area contributed by atoms with Crippen LogP contribution in [-0.2, 0) is 6.42 Å². The quantitative estimate of drug-likeness (QED) is 0.672. The number of benzene rings is 1. The Morgan fingerprint density at radius 2 is 2.15 bits per heavy atom. The molecule has 0 saturated heterocycles. The third-order valence-electron chi connectivity index (χ3n) is 5.48. The Bertz CT molecular complexity index is 820. The van der Waals surface area contributed by atoms with Crippen LogP contribution < -0.4 is 4.74 Å². The molecule has 0 saturated carbocycles. The zero-order valence-electron chi connectivity index (χ0n) is 15.2. The van der Waals surface area contributed by atoms with Gasteiger partial charge in [0.2, 0.25) is 5.78 Å². The van der Waals surface area contributed by atoms with Crippen molar-refractivity contribution < 1.29 is 14.6 Å². The number of carbonyl (C=O) groups is 1. The van der Waals surface area contributed by atoms with E-state index < -0.39 is 5.72 Å². The van der Waals surface area contributed by atoms with Crippen molar-refractivity contribution >= 4 is 33.3 Å². The molecule has 3 rings (SSSR count). The van der Waals surface area contributed by atoms with Crippen molar-refractivity contribution in [3.05, 3.63) is 45.1 Å². The van der Waals surface area contributed by atoms with E-state index in [1.165, 1.54) is 0 Å². The molecule has 0 bridgehead atoms. The molecule has 1 spiro atoms. The number of phenolic OH excluding ortho intramolecular Hbond substituents is 1. The van der Waals surface area contributed by atoms with E-state index in [1.54, 1.807) is 24.1 Å². The van der Waals surface area contributed by atoms with Gasteiger partial charge < -0.3 is 14.7 Å². The molecular weight excluding hydrogens is 418 g/mol. The van der Waals surface area contributed by atoms with Gasteiger partial charge in [-0.15, -0.1) is 0 Å². The molecular formula is C20H23BrClNO3. The van der Waals surface area contributed by atoms with Crippen LogP contribution in [0.2, 0.25) is 0 Å². The number of phenols is 1. The van der Waals surface area contributed by atoms with E-state index in [1.807, 2.05) is 0 Å². The molecule has 0 radical (unpaired) electrons. The van der Waals surface area contributed by atoms with Crippen molar-refractivity contribution in [2.75, 3.05) is 7.05 Å². The number of halogens is 2. The van der Waals surface area contributed by atoms with Gasteiger partial charge in [0.1, 0.15) is 16.5 Å². The summed E-state index contributed by atoms with van der Waals surface area (Å²) in [5, 5.41) is 10.6. The van der Waals surface area contributed by atoms with Crippen LogP contribution in [0.4, 0.5) is 0 Å². The number of hydrogen-bond donors (Lipinski definition) is 1. The number of ether oxygens (including phenoxy) is 1. The van der Waals surface area contributed by atoms with Gasteiger partial charge in [0.25, 0.3) is 5.72 Å². The maximum absolute atomic E-state index is 13.2. The molecule has 2 aliphatic heterocycles. The lowest BCUT2D eigenvalue weighted by Crippen LogP contribution is -2.51. The Hall–Kier alpha value is -1.46. The molecule has 4 nitrogen and oxygen atoms in total. The molecule has 0 fully saturated rings. The first-order chi connectivity index (χ1) is 12.3. The van der Waals surface area contributed by atoms with Crippen LogP contribution in [0.25, 0.3) is 0 Å². The number of ketones is 1. The maximum Gasteiger partial charge on any atom is 0.285 e. The Morgan fingerprint density at radius 3 is 2.73 bits per heavy atom. The molecule has 0 aliphatic carbocycles. The van der Waals surface area contributed by atoms with Crippen LogP contribution in [0.5, 0.6) is 11.5 Å². The summed E-state index contributed by atoms with van der Waals surface area (Å²) in [7, 11) is 1.73. The van der Waals surface area contributed by atoms with E-state index >= 15 is 0 Å². The fourth-order valence-corrected chi connectivity index (χ4v) is 4.38. The van der Waals surface area contributed by atoms with Crippen molar-refractivity contribution in [2.45, 2.75) is 45.3 Å². The maximum atomic E-state index is 13.2. The summed E-state index contributed by atoms with van der Waals surface area (Å²) in [4.78, 5) is 14.8. The third-order valence-corrected chi connectivity index (χ3v) is 7.01. The number of allylic oxidation sites excluding steroid dienone is 1. The lowest BCUT2D eigenvalue weighted by molar-refractivity contribution is 0.0213. The molecule has 0 aromatic heterocycles. The highest BCUT2D eigenvalue weighted by atomic mass is 79.9. The summed E-state index contributed by atoms with van der Waals surface area (Å²) >= 11 is 9.87. The molecule has 2 unspecified atom stereocenters. The fraction of sp³-hybridized carbons (Fsp3) is 0.450. The van der Waals surface area contributed by atoms with E-state index in [2.05, 4.69) is 36.4 Å². The van der Waals surface area contributed by atoms with Crippen LogP contribution in [0, 0.1) is 5.92 Å². The second-order valence-electron chi connectivity index (χ2n) is 7.05. The van der Waals surface area contributed by atoms with Crippen LogP contribution >= 0.6 is 27.5 Å². The van der Waals surface area contributed by atoms with Crippen LogP contribution in [0.1, 0.15) is 49.0 Å². The van der Waals surface area contributed by atoms with Gasteiger partial charge in [-0.3, -0.25) is 4.79 Å². The van der Waals surface area contributed by atoms with E-state index in [-0.39, 0.29) is 16.6 Å². The van der Waals surface area contributed by atoms with Crippen molar-refractivity contribution in [2.24, 2.45) is 5.92 Å². The minimum absolute atomic E-state index is 0.149.